The van der Waals surface area contributed by atoms with Crippen LogP contribution in [0.3, 0.4) is 0 Å². The molecule has 126 valence electrons. The van der Waals surface area contributed by atoms with Crippen molar-refractivity contribution in [3.8, 4) is 11.5 Å². The van der Waals surface area contributed by atoms with E-state index in [4.69, 9.17) is 5.11 Å². The third-order valence-electron chi connectivity index (χ3n) is 2.80. The molecule has 1 aliphatic heterocycles. The van der Waals surface area contributed by atoms with E-state index in [2.05, 4.69) is 15.5 Å². The number of aromatic hydroxyl groups is 2. The quantitative estimate of drug-likeness (QED) is 0.334. The third kappa shape index (κ3) is 3.98. The standard InChI is InChI=1S/C12H10N4O7S/c17-7-2-8(18)6(16(22)23)1-5(7)4-13-15-12-14-11(21)9(24-12)3-10(19)20/h1-2,4,9,17-18H,3H2,(H,19,20)(H,14,15,21). The molecule has 4 N–H and O–H groups in total. The van der Waals surface area contributed by atoms with Crippen LogP contribution in [0.2, 0.25) is 0 Å². The van der Waals surface area contributed by atoms with Crippen molar-refractivity contribution in [2.75, 3.05) is 0 Å². The maximum absolute atomic E-state index is 11.5. The minimum atomic E-state index is -1.13. The molecule has 11 nitrogen and oxygen atoms in total. The highest BCUT2D eigenvalue weighted by Crippen LogP contribution is 2.32. The summed E-state index contributed by atoms with van der Waals surface area (Å²) >= 11 is 0.881. The Kier molecular flexibility index (Phi) is 4.99. The van der Waals surface area contributed by atoms with E-state index in [1.54, 1.807) is 0 Å². The second-order valence-corrected chi connectivity index (χ2v) is 5.69. The van der Waals surface area contributed by atoms with Crippen LogP contribution in [0.25, 0.3) is 0 Å². The van der Waals surface area contributed by atoms with Crippen molar-refractivity contribution < 1.29 is 29.8 Å². The number of carbonyl (C=O) groups is 2. The molecule has 0 aromatic heterocycles. The molecule has 1 amide bonds. The summed E-state index contributed by atoms with van der Waals surface area (Å²) in [4.78, 5) is 32.0. The number of nitro benzene ring substituents is 1. The second-order valence-electron chi connectivity index (χ2n) is 4.50. The summed E-state index contributed by atoms with van der Waals surface area (Å²) in [7, 11) is 0. The van der Waals surface area contributed by atoms with Gasteiger partial charge in [0.25, 0.3) is 0 Å². The van der Waals surface area contributed by atoms with Crippen LogP contribution in [-0.4, -0.2) is 48.8 Å². The van der Waals surface area contributed by atoms with Gasteiger partial charge in [-0.2, -0.15) is 5.10 Å². The van der Waals surface area contributed by atoms with Gasteiger partial charge in [-0.3, -0.25) is 19.7 Å². The molecule has 1 aromatic carbocycles. The number of amidine groups is 1. The van der Waals surface area contributed by atoms with Crippen LogP contribution in [0, 0.1) is 10.1 Å². The van der Waals surface area contributed by atoms with Gasteiger partial charge >= 0.3 is 11.7 Å². The number of aliphatic carboxylic acids is 1. The Labute approximate surface area is 137 Å². The Balaban J connectivity index is 2.15. The lowest BCUT2D eigenvalue weighted by Crippen LogP contribution is -2.26. The molecule has 1 heterocycles. The fraction of sp³-hybridized carbons (Fsp3) is 0.167. The Bertz CT molecular complexity index is 777. The number of carboxylic acid groups (broad SMARTS) is 1. The van der Waals surface area contributed by atoms with E-state index in [0.29, 0.717) is 0 Å². The molecule has 0 aliphatic carbocycles. The molecule has 1 saturated heterocycles. The van der Waals surface area contributed by atoms with E-state index in [0.717, 1.165) is 30.1 Å². The Morgan fingerprint density at radius 2 is 2.12 bits per heavy atom. The van der Waals surface area contributed by atoms with Crippen LogP contribution in [0.15, 0.2) is 22.3 Å². The maximum atomic E-state index is 11.5. The molecule has 0 saturated carbocycles. The Hall–Kier alpha value is -3.15. The molecule has 24 heavy (non-hydrogen) atoms. The fourth-order valence-corrected chi connectivity index (χ4v) is 2.64. The normalized spacial score (nSPS) is 18.9. The largest absolute Gasteiger partial charge is 0.507 e. The van der Waals surface area contributed by atoms with E-state index in [1.165, 1.54) is 0 Å². The predicted molar refractivity (Wildman–Crippen MR) is 83.2 cm³/mol. The first kappa shape index (κ1) is 17.2. The van der Waals surface area contributed by atoms with E-state index in [-0.39, 0.29) is 17.2 Å². The molecule has 1 unspecified atom stereocenters. The molecule has 12 heteroatoms. The average molecular weight is 354 g/mol. The van der Waals surface area contributed by atoms with Gasteiger partial charge in [0.2, 0.25) is 5.91 Å². The summed E-state index contributed by atoms with van der Waals surface area (Å²) in [5, 5.41) is 47.1. The van der Waals surface area contributed by atoms with Gasteiger partial charge in [-0.15, -0.1) is 5.10 Å². The SMILES string of the molecule is O=C(O)CC1SC(=NN=Cc2cc([N+](=O)[O-])c(O)cc2O)NC1=O. The molecule has 2 rings (SSSR count). The van der Waals surface area contributed by atoms with E-state index in [1.807, 2.05) is 0 Å². The van der Waals surface area contributed by atoms with Crippen molar-refractivity contribution in [1.29, 1.82) is 0 Å². The highest BCUT2D eigenvalue weighted by atomic mass is 32.2. The first-order valence-electron chi connectivity index (χ1n) is 6.28. The maximum Gasteiger partial charge on any atom is 0.311 e. The van der Waals surface area contributed by atoms with Gasteiger partial charge in [-0.05, 0) is 0 Å². The van der Waals surface area contributed by atoms with Crippen LogP contribution in [0.1, 0.15) is 12.0 Å². The molecular weight excluding hydrogens is 344 g/mol. The van der Waals surface area contributed by atoms with Gasteiger partial charge in [-0.25, -0.2) is 0 Å². The fourth-order valence-electron chi connectivity index (χ4n) is 1.72. The monoisotopic (exact) mass is 354 g/mol. The van der Waals surface area contributed by atoms with E-state index in [9.17, 15) is 29.9 Å². The zero-order valence-electron chi connectivity index (χ0n) is 11.7. The molecule has 0 spiro atoms. The number of nitro groups is 1. The van der Waals surface area contributed by atoms with Crippen molar-refractivity contribution in [1.82, 2.24) is 5.32 Å². The lowest BCUT2D eigenvalue weighted by molar-refractivity contribution is -0.385. The van der Waals surface area contributed by atoms with Gasteiger partial charge in [-0.1, -0.05) is 11.8 Å². The van der Waals surface area contributed by atoms with Crippen LogP contribution in [-0.2, 0) is 9.59 Å². The summed E-state index contributed by atoms with van der Waals surface area (Å²) in [5.41, 5.74) is -0.688. The van der Waals surface area contributed by atoms with E-state index >= 15 is 0 Å². The van der Waals surface area contributed by atoms with Crippen molar-refractivity contribution >= 4 is 40.7 Å². The van der Waals surface area contributed by atoms with Crippen molar-refractivity contribution in [3.05, 3.63) is 27.8 Å². The summed E-state index contributed by atoms with van der Waals surface area (Å²) in [5.74, 6) is -2.79. The molecule has 1 atom stereocenters. The first-order chi connectivity index (χ1) is 11.3. The molecule has 0 radical (unpaired) electrons. The van der Waals surface area contributed by atoms with Gasteiger partial charge in [0.15, 0.2) is 10.9 Å². The lowest BCUT2D eigenvalue weighted by Gasteiger charge is -2.00. The Morgan fingerprint density at radius 1 is 1.42 bits per heavy atom. The van der Waals surface area contributed by atoms with Gasteiger partial charge < -0.3 is 20.6 Å². The number of phenolic OH excluding ortho intramolecular Hbond substituents is 2. The zero-order chi connectivity index (χ0) is 17.9. The number of rotatable bonds is 5. The van der Waals surface area contributed by atoms with Crippen molar-refractivity contribution in [2.45, 2.75) is 11.7 Å². The minimum Gasteiger partial charge on any atom is -0.507 e. The number of hydrogen-bond donors (Lipinski definition) is 4. The summed E-state index contributed by atoms with van der Waals surface area (Å²) < 4.78 is 0. The number of phenols is 2. The van der Waals surface area contributed by atoms with Gasteiger partial charge in [0, 0.05) is 17.7 Å². The highest BCUT2D eigenvalue weighted by molar-refractivity contribution is 8.15. The van der Waals surface area contributed by atoms with Crippen LogP contribution in [0.4, 0.5) is 5.69 Å². The number of nitrogens with zero attached hydrogens (tertiary/aromatic N) is 3. The van der Waals surface area contributed by atoms with Gasteiger partial charge in [0.05, 0.1) is 17.6 Å². The Morgan fingerprint density at radius 3 is 2.75 bits per heavy atom. The minimum absolute atomic E-state index is 0.0651. The van der Waals surface area contributed by atoms with Crippen LogP contribution in [0.5, 0.6) is 11.5 Å². The van der Waals surface area contributed by atoms with Crippen LogP contribution >= 0.6 is 11.8 Å². The number of nitrogens with one attached hydrogen (secondary N) is 1. The number of carboxylic acids is 1. The van der Waals surface area contributed by atoms with Crippen molar-refractivity contribution in [2.24, 2.45) is 10.2 Å². The molecule has 1 fully saturated rings. The predicted octanol–water partition coefficient (Wildman–Crippen LogP) is 0.402. The molecule has 1 aliphatic rings. The molecule has 1 aromatic rings. The third-order valence-corrected chi connectivity index (χ3v) is 3.87. The van der Waals surface area contributed by atoms with E-state index < -0.39 is 39.2 Å². The number of thioether (sulfide) groups is 1. The molecule has 0 bridgehead atoms. The average Bonchev–Trinajstić information content (AvgIpc) is 2.80. The van der Waals surface area contributed by atoms with Gasteiger partial charge in [0.1, 0.15) is 11.0 Å². The smallest absolute Gasteiger partial charge is 0.311 e. The zero-order valence-corrected chi connectivity index (χ0v) is 12.6. The number of benzene rings is 1. The summed E-state index contributed by atoms with van der Waals surface area (Å²) in [6.07, 6.45) is 0.621. The number of hydrogen-bond acceptors (Lipinski definition) is 9. The topological polar surface area (TPSA) is 175 Å². The second kappa shape index (κ2) is 6.95. The van der Waals surface area contributed by atoms with Crippen molar-refractivity contribution in [3.63, 3.8) is 0 Å². The van der Waals surface area contributed by atoms with Crippen LogP contribution < -0.4 is 5.32 Å². The molecular formula is C12H10N4O7S. The summed E-state index contributed by atoms with van der Waals surface area (Å²) in [6.45, 7) is 0. The summed E-state index contributed by atoms with van der Waals surface area (Å²) in [6, 6.07) is 1.70. The number of amides is 1. The first-order valence-corrected chi connectivity index (χ1v) is 7.16. The number of carbonyl (C=O) groups excluding carboxylic acids is 1. The lowest BCUT2D eigenvalue weighted by atomic mass is 10.2. The highest BCUT2D eigenvalue weighted by Gasteiger charge is 2.32.